The van der Waals surface area contributed by atoms with E-state index >= 15 is 0 Å². The van der Waals surface area contributed by atoms with Crippen LogP contribution in [0, 0.1) is 6.92 Å². The fourth-order valence-electron chi connectivity index (χ4n) is 2.11. The van der Waals surface area contributed by atoms with Crippen molar-refractivity contribution in [2.75, 3.05) is 5.32 Å². The van der Waals surface area contributed by atoms with Crippen molar-refractivity contribution in [2.45, 2.75) is 6.92 Å². The van der Waals surface area contributed by atoms with Crippen LogP contribution >= 0.6 is 0 Å². The van der Waals surface area contributed by atoms with E-state index in [1.165, 1.54) is 23.1 Å². The molecule has 0 aliphatic carbocycles. The number of pyridine rings is 1. The number of carbonyl (C=O) groups is 1. The van der Waals surface area contributed by atoms with Gasteiger partial charge in [-0.15, -0.1) is 0 Å². The first-order valence-corrected chi connectivity index (χ1v) is 7.02. The average molecular weight is 306 g/mol. The van der Waals surface area contributed by atoms with Gasteiger partial charge in [0.1, 0.15) is 0 Å². The molecule has 1 aromatic carbocycles. The summed E-state index contributed by atoms with van der Waals surface area (Å²) < 4.78 is 1.51. The van der Waals surface area contributed by atoms with Gasteiger partial charge in [0, 0.05) is 18.5 Å². The van der Waals surface area contributed by atoms with E-state index in [-0.39, 0.29) is 5.69 Å². The Balaban J connectivity index is 1.95. The monoisotopic (exact) mass is 306 g/mol. The van der Waals surface area contributed by atoms with E-state index in [1.54, 1.807) is 18.3 Å². The van der Waals surface area contributed by atoms with Crippen LogP contribution in [0.25, 0.3) is 5.69 Å². The van der Waals surface area contributed by atoms with Crippen molar-refractivity contribution in [1.82, 2.24) is 14.8 Å². The van der Waals surface area contributed by atoms with E-state index in [1.807, 2.05) is 31.2 Å². The number of hydrogen-bond donors (Lipinski definition) is 1. The third-order valence-corrected chi connectivity index (χ3v) is 3.21. The van der Waals surface area contributed by atoms with E-state index in [9.17, 15) is 9.59 Å². The smallest absolute Gasteiger partial charge is 0.280 e. The minimum absolute atomic E-state index is 0.169. The quantitative estimate of drug-likeness (QED) is 0.804. The van der Waals surface area contributed by atoms with E-state index in [4.69, 9.17) is 0 Å². The zero-order chi connectivity index (χ0) is 16.2. The summed E-state index contributed by atoms with van der Waals surface area (Å²) in [6, 6.07) is 12.3. The van der Waals surface area contributed by atoms with Crippen LogP contribution in [-0.2, 0) is 0 Å². The zero-order valence-electron chi connectivity index (χ0n) is 12.4. The molecular formula is C17H14N4O2. The maximum Gasteiger partial charge on any atom is 0.280 e. The van der Waals surface area contributed by atoms with Crippen molar-refractivity contribution >= 4 is 11.6 Å². The van der Waals surface area contributed by atoms with Gasteiger partial charge in [-0.3, -0.25) is 14.6 Å². The number of hydrogen-bond acceptors (Lipinski definition) is 4. The highest BCUT2D eigenvalue weighted by Crippen LogP contribution is 2.09. The molecule has 0 aliphatic heterocycles. The number of aryl methyl sites for hydroxylation is 1. The van der Waals surface area contributed by atoms with E-state index < -0.39 is 11.3 Å². The number of carbonyl (C=O) groups excluding carboxylic acids is 1. The van der Waals surface area contributed by atoms with Crippen molar-refractivity contribution in [1.29, 1.82) is 0 Å². The fourth-order valence-corrected chi connectivity index (χ4v) is 2.11. The molecule has 0 spiro atoms. The molecule has 0 aliphatic rings. The van der Waals surface area contributed by atoms with Gasteiger partial charge in [0.05, 0.1) is 17.6 Å². The first-order valence-electron chi connectivity index (χ1n) is 7.02. The Labute approximate surface area is 132 Å². The summed E-state index contributed by atoms with van der Waals surface area (Å²) in [4.78, 5) is 28.1. The lowest BCUT2D eigenvalue weighted by atomic mass is 10.2. The molecule has 3 aromatic rings. The average Bonchev–Trinajstić information content (AvgIpc) is 2.56. The molecule has 2 heterocycles. The molecule has 0 bridgehead atoms. The molecule has 0 fully saturated rings. The first-order chi connectivity index (χ1) is 11.1. The second-order valence-electron chi connectivity index (χ2n) is 5.01. The number of rotatable bonds is 3. The summed E-state index contributed by atoms with van der Waals surface area (Å²) in [5.41, 5.74) is 1.74. The van der Waals surface area contributed by atoms with Gasteiger partial charge in [0.25, 0.3) is 5.91 Å². The third kappa shape index (κ3) is 3.32. The van der Waals surface area contributed by atoms with Gasteiger partial charge in [-0.2, -0.15) is 5.10 Å². The Morgan fingerprint density at radius 2 is 2.04 bits per heavy atom. The van der Waals surface area contributed by atoms with Crippen LogP contribution < -0.4 is 10.7 Å². The number of amides is 1. The molecule has 0 atom stereocenters. The highest BCUT2D eigenvalue weighted by molar-refractivity contribution is 6.02. The molecule has 0 unspecified atom stereocenters. The van der Waals surface area contributed by atoms with E-state index in [2.05, 4.69) is 15.4 Å². The number of benzene rings is 1. The van der Waals surface area contributed by atoms with Crippen molar-refractivity contribution in [3.05, 3.63) is 82.5 Å². The topological polar surface area (TPSA) is 76.9 Å². The van der Waals surface area contributed by atoms with Gasteiger partial charge >= 0.3 is 0 Å². The lowest BCUT2D eigenvalue weighted by molar-refractivity contribution is 0.101. The van der Waals surface area contributed by atoms with Crippen LogP contribution in [0.2, 0.25) is 0 Å². The summed E-state index contributed by atoms with van der Waals surface area (Å²) in [7, 11) is 0. The second kappa shape index (κ2) is 6.23. The van der Waals surface area contributed by atoms with Crippen LogP contribution in [0.15, 0.2) is 65.8 Å². The molecule has 0 saturated heterocycles. The van der Waals surface area contributed by atoms with E-state index in [0.717, 1.165) is 11.3 Å². The minimum Gasteiger partial charge on any atom is -0.319 e. The Hall–Kier alpha value is -3.28. The lowest BCUT2D eigenvalue weighted by Crippen LogP contribution is -2.25. The highest BCUT2D eigenvalue weighted by Gasteiger charge is 2.13. The molecule has 23 heavy (non-hydrogen) atoms. The summed E-state index contributed by atoms with van der Waals surface area (Å²) in [5, 5.41) is 6.76. The standard InChI is InChI=1S/C17H14N4O2/c1-12-4-2-6-14(10-12)21-9-7-15(22)16(20-21)17(23)19-13-5-3-8-18-11-13/h2-11H,1H3,(H,19,23). The van der Waals surface area contributed by atoms with Gasteiger partial charge in [-0.05, 0) is 36.8 Å². The van der Waals surface area contributed by atoms with Crippen LogP contribution in [-0.4, -0.2) is 20.7 Å². The predicted octanol–water partition coefficient (Wildman–Crippen LogP) is 2.19. The lowest BCUT2D eigenvalue weighted by Gasteiger charge is -2.08. The summed E-state index contributed by atoms with van der Waals surface area (Å²) in [5.74, 6) is -0.565. The van der Waals surface area contributed by atoms with Gasteiger partial charge in [-0.1, -0.05) is 12.1 Å². The maximum atomic E-state index is 12.3. The molecule has 1 N–H and O–H groups in total. The van der Waals surface area contributed by atoms with Crippen LogP contribution in [0.4, 0.5) is 5.69 Å². The maximum absolute atomic E-state index is 12.3. The summed E-state index contributed by atoms with van der Waals surface area (Å²) >= 11 is 0. The Morgan fingerprint density at radius 1 is 1.17 bits per heavy atom. The Kier molecular flexibility index (Phi) is 3.97. The van der Waals surface area contributed by atoms with Gasteiger partial charge in [0.15, 0.2) is 5.69 Å². The molecule has 0 saturated carbocycles. The molecule has 6 nitrogen and oxygen atoms in total. The van der Waals surface area contributed by atoms with Crippen molar-refractivity contribution < 1.29 is 4.79 Å². The van der Waals surface area contributed by atoms with Crippen LogP contribution in [0.3, 0.4) is 0 Å². The van der Waals surface area contributed by atoms with Gasteiger partial charge < -0.3 is 5.32 Å². The molecule has 6 heteroatoms. The largest absolute Gasteiger partial charge is 0.319 e. The SMILES string of the molecule is Cc1cccc(-n2ccc(=O)c(C(=O)Nc3cccnc3)n2)c1. The number of anilines is 1. The second-order valence-corrected chi connectivity index (χ2v) is 5.01. The summed E-state index contributed by atoms with van der Waals surface area (Å²) in [6.45, 7) is 1.96. The normalized spacial score (nSPS) is 10.3. The van der Waals surface area contributed by atoms with Crippen molar-refractivity contribution in [2.24, 2.45) is 0 Å². The molecule has 2 aromatic heterocycles. The number of nitrogens with zero attached hydrogens (tertiary/aromatic N) is 3. The van der Waals surface area contributed by atoms with Crippen molar-refractivity contribution in [3.8, 4) is 5.69 Å². The number of nitrogens with one attached hydrogen (secondary N) is 1. The molecule has 3 rings (SSSR count). The zero-order valence-corrected chi connectivity index (χ0v) is 12.4. The fraction of sp³-hybridized carbons (Fsp3) is 0.0588. The Bertz CT molecular complexity index is 904. The molecule has 1 amide bonds. The van der Waals surface area contributed by atoms with Gasteiger partial charge in [-0.25, -0.2) is 4.68 Å². The summed E-state index contributed by atoms with van der Waals surface area (Å²) in [6.07, 6.45) is 4.64. The predicted molar refractivity (Wildman–Crippen MR) is 86.8 cm³/mol. The molecule has 114 valence electrons. The van der Waals surface area contributed by atoms with Crippen LogP contribution in [0.1, 0.15) is 16.1 Å². The molecular weight excluding hydrogens is 292 g/mol. The highest BCUT2D eigenvalue weighted by atomic mass is 16.2. The number of aromatic nitrogens is 3. The van der Waals surface area contributed by atoms with Crippen molar-refractivity contribution in [3.63, 3.8) is 0 Å². The third-order valence-electron chi connectivity index (χ3n) is 3.21. The van der Waals surface area contributed by atoms with Gasteiger partial charge in [0.2, 0.25) is 5.43 Å². The van der Waals surface area contributed by atoms with E-state index in [0.29, 0.717) is 5.69 Å². The minimum atomic E-state index is -0.565. The van der Waals surface area contributed by atoms with Crippen LogP contribution in [0.5, 0.6) is 0 Å². The molecule has 0 radical (unpaired) electrons. The Morgan fingerprint density at radius 3 is 2.78 bits per heavy atom. The first kappa shape index (κ1) is 14.6.